The standard InChI is InChI=1S/C24H29ClF3N3OSSi/c1-23(2,3)34(6,7)32-24(4,5)12-18-30-20-14(11-17(27)19(28)21(20)31-18)22(33)29-13-8-9-16(26)15(25)10-13/h8-11H,12H2,1-7H3,(H,29,33)(H,30,31). The van der Waals surface area contributed by atoms with E-state index < -0.39 is 31.4 Å². The van der Waals surface area contributed by atoms with Crippen molar-refractivity contribution in [2.24, 2.45) is 0 Å². The van der Waals surface area contributed by atoms with Gasteiger partial charge in [0, 0.05) is 17.7 Å². The topological polar surface area (TPSA) is 49.9 Å². The van der Waals surface area contributed by atoms with Crippen molar-refractivity contribution < 1.29 is 17.6 Å². The fourth-order valence-corrected chi connectivity index (χ4v) is 5.69. The summed E-state index contributed by atoms with van der Waals surface area (Å²) in [5.74, 6) is -2.25. The van der Waals surface area contributed by atoms with Gasteiger partial charge in [0.2, 0.25) is 0 Å². The molecule has 184 valence electrons. The van der Waals surface area contributed by atoms with Crippen molar-refractivity contribution in [1.29, 1.82) is 0 Å². The monoisotopic (exact) mass is 527 g/mol. The van der Waals surface area contributed by atoms with E-state index in [-0.39, 0.29) is 31.6 Å². The number of benzene rings is 2. The Kier molecular flexibility index (Phi) is 7.26. The molecule has 2 aromatic carbocycles. The highest BCUT2D eigenvalue weighted by Crippen LogP contribution is 2.39. The molecule has 0 aliphatic carbocycles. The van der Waals surface area contributed by atoms with Crippen molar-refractivity contribution in [2.75, 3.05) is 5.32 Å². The number of aromatic nitrogens is 2. The third kappa shape index (κ3) is 5.64. The number of aromatic amines is 1. The Labute approximate surface area is 209 Å². The number of hydrogen-bond donors (Lipinski definition) is 2. The Balaban J connectivity index is 1.95. The van der Waals surface area contributed by atoms with Crippen LogP contribution in [0.2, 0.25) is 23.2 Å². The van der Waals surface area contributed by atoms with E-state index in [9.17, 15) is 13.2 Å². The highest BCUT2D eigenvalue weighted by atomic mass is 35.5. The lowest BCUT2D eigenvalue weighted by Gasteiger charge is -2.42. The summed E-state index contributed by atoms with van der Waals surface area (Å²) in [5, 5.41) is 2.82. The van der Waals surface area contributed by atoms with Crippen LogP contribution in [0, 0.1) is 17.5 Å². The quantitative estimate of drug-likeness (QED) is 0.254. The molecule has 0 atom stereocenters. The average molecular weight is 528 g/mol. The van der Waals surface area contributed by atoms with Gasteiger partial charge in [-0.2, -0.15) is 0 Å². The van der Waals surface area contributed by atoms with Crippen LogP contribution in [0.5, 0.6) is 0 Å². The van der Waals surface area contributed by atoms with Crippen LogP contribution in [-0.2, 0) is 10.8 Å². The van der Waals surface area contributed by atoms with E-state index >= 15 is 0 Å². The van der Waals surface area contributed by atoms with E-state index in [0.29, 0.717) is 17.9 Å². The molecule has 3 aromatic rings. The second kappa shape index (κ2) is 9.26. The van der Waals surface area contributed by atoms with Crippen molar-refractivity contribution in [1.82, 2.24) is 9.97 Å². The summed E-state index contributed by atoms with van der Waals surface area (Å²) in [7, 11) is -2.08. The van der Waals surface area contributed by atoms with Crippen LogP contribution in [0.15, 0.2) is 24.3 Å². The smallest absolute Gasteiger partial charge is 0.192 e. The molecule has 1 heterocycles. The third-order valence-electron chi connectivity index (χ3n) is 6.06. The van der Waals surface area contributed by atoms with E-state index in [2.05, 4.69) is 49.1 Å². The molecule has 34 heavy (non-hydrogen) atoms. The largest absolute Gasteiger partial charge is 0.411 e. The summed E-state index contributed by atoms with van der Waals surface area (Å²) in [6.07, 6.45) is 0.364. The number of fused-ring (bicyclic) bond motifs is 1. The minimum Gasteiger partial charge on any atom is -0.411 e. The van der Waals surface area contributed by atoms with Gasteiger partial charge < -0.3 is 14.7 Å². The lowest BCUT2D eigenvalue weighted by atomic mass is 10.1. The molecule has 4 nitrogen and oxygen atoms in total. The van der Waals surface area contributed by atoms with Crippen LogP contribution < -0.4 is 5.32 Å². The number of H-pyrrole nitrogens is 1. The van der Waals surface area contributed by atoms with Gasteiger partial charge in [-0.15, -0.1) is 0 Å². The van der Waals surface area contributed by atoms with Crippen LogP contribution >= 0.6 is 23.8 Å². The summed E-state index contributed by atoms with van der Waals surface area (Å²) < 4.78 is 49.1. The fraction of sp³-hybridized carbons (Fsp3) is 0.417. The summed E-state index contributed by atoms with van der Waals surface area (Å²) in [6.45, 7) is 14.7. The van der Waals surface area contributed by atoms with Crippen LogP contribution in [0.1, 0.15) is 46.0 Å². The number of nitrogens with zero attached hydrogens (tertiary/aromatic N) is 1. The maximum Gasteiger partial charge on any atom is 0.192 e. The highest BCUT2D eigenvalue weighted by molar-refractivity contribution is 7.81. The van der Waals surface area contributed by atoms with E-state index in [1.54, 1.807) is 0 Å². The Bertz CT molecular complexity index is 1250. The lowest BCUT2D eigenvalue weighted by Crippen LogP contribution is -2.48. The van der Waals surface area contributed by atoms with Crippen molar-refractivity contribution in [3.8, 4) is 0 Å². The zero-order valence-corrected chi connectivity index (χ0v) is 22.9. The van der Waals surface area contributed by atoms with Gasteiger partial charge in [-0.3, -0.25) is 0 Å². The fourth-order valence-electron chi connectivity index (χ4n) is 3.47. The first-order chi connectivity index (χ1) is 15.5. The lowest BCUT2D eigenvalue weighted by molar-refractivity contribution is 0.0902. The predicted molar refractivity (Wildman–Crippen MR) is 139 cm³/mol. The predicted octanol–water partition coefficient (Wildman–Crippen LogP) is 7.76. The molecule has 0 fully saturated rings. The van der Waals surface area contributed by atoms with Gasteiger partial charge in [-0.25, -0.2) is 18.2 Å². The number of hydrogen-bond acceptors (Lipinski definition) is 3. The van der Waals surface area contributed by atoms with Gasteiger partial charge in [0.15, 0.2) is 20.0 Å². The summed E-state index contributed by atoms with van der Waals surface area (Å²) in [4.78, 5) is 7.55. The number of nitrogens with one attached hydrogen (secondary N) is 2. The van der Waals surface area contributed by atoms with Crippen LogP contribution in [-0.4, -0.2) is 28.9 Å². The summed E-state index contributed by atoms with van der Waals surface area (Å²) >= 11 is 11.3. The molecule has 0 spiro atoms. The number of imidazole rings is 1. The summed E-state index contributed by atoms with van der Waals surface area (Å²) in [6, 6.07) is 5.01. The number of anilines is 1. The first kappa shape index (κ1) is 26.7. The summed E-state index contributed by atoms with van der Waals surface area (Å²) in [5.41, 5.74) is 0.177. The molecule has 0 radical (unpaired) electrons. The van der Waals surface area contributed by atoms with Gasteiger partial charge in [0.25, 0.3) is 0 Å². The average Bonchev–Trinajstić information content (AvgIpc) is 3.08. The molecular formula is C24H29ClF3N3OSSi. The Hall–Kier alpha value is -1.94. The van der Waals surface area contributed by atoms with Gasteiger partial charge in [0.1, 0.15) is 22.1 Å². The molecule has 3 rings (SSSR count). The second-order valence-corrected chi connectivity index (χ2v) is 16.0. The van der Waals surface area contributed by atoms with Crippen LogP contribution in [0.3, 0.4) is 0 Å². The maximum atomic E-state index is 14.6. The minimum atomic E-state index is -2.08. The molecule has 10 heteroatoms. The Morgan fingerprint density at radius 3 is 2.35 bits per heavy atom. The van der Waals surface area contributed by atoms with Gasteiger partial charge >= 0.3 is 0 Å². The van der Waals surface area contributed by atoms with Crippen LogP contribution in [0.25, 0.3) is 11.0 Å². The zero-order chi connectivity index (χ0) is 25.6. The van der Waals surface area contributed by atoms with E-state index in [4.69, 9.17) is 28.2 Å². The normalized spacial score (nSPS) is 12.9. The molecule has 2 N–H and O–H groups in total. The Morgan fingerprint density at radius 2 is 1.76 bits per heavy atom. The SMILES string of the molecule is CC(C)(Cc1nc2c(F)c(F)cc(C(=S)Nc3ccc(F)c(Cl)c3)c2[nH]1)O[Si](C)(C)C(C)(C)C. The molecule has 0 saturated heterocycles. The molecule has 0 bridgehead atoms. The van der Waals surface area contributed by atoms with Crippen molar-refractivity contribution in [2.45, 2.75) is 64.8 Å². The molecule has 0 saturated carbocycles. The molecule has 1 aromatic heterocycles. The van der Waals surface area contributed by atoms with E-state index in [1.165, 1.54) is 18.2 Å². The molecule has 0 aliphatic rings. The zero-order valence-electron chi connectivity index (χ0n) is 20.3. The minimum absolute atomic E-state index is 0.0155. The first-order valence-electron chi connectivity index (χ1n) is 10.8. The third-order valence-corrected chi connectivity index (χ3v) is 11.4. The van der Waals surface area contributed by atoms with Crippen molar-refractivity contribution in [3.05, 3.63) is 58.1 Å². The van der Waals surface area contributed by atoms with Gasteiger partial charge in [0.05, 0.1) is 16.1 Å². The van der Waals surface area contributed by atoms with Crippen molar-refractivity contribution >= 4 is 53.8 Å². The number of halogens is 4. The van der Waals surface area contributed by atoms with E-state index in [1.807, 2.05) is 13.8 Å². The second-order valence-electron chi connectivity index (χ2n) is 10.5. The number of thiocarbonyl (C=S) groups is 1. The van der Waals surface area contributed by atoms with Crippen LogP contribution in [0.4, 0.5) is 18.9 Å². The molecule has 0 unspecified atom stereocenters. The maximum absolute atomic E-state index is 14.6. The van der Waals surface area contributed by atoms with Crippen molar-refractivity contribution in [3.63, 3.8) is 0 Å². The molecule has 0 amide bonds. The van der Waals surface area contributed by atoms with E-state index in [0.717, 1.165) is 6.07 Å². The highest BCUT2D eigenvalue weighted by Gasteiger charge is 2.41. The number of rotatable bonds is 6. The molecular weight excluding hydrogens is 499 g/mol. The van der Waals surface area contributed by atoms with Gasteiger partial charge in [-0.1, -0.05) is 44.6 Å². The Morgan fingerprint density at radius 1 is 1.12 bits per heavy atom. The first-order valence-corrected chi connectivity index (χ1v) is 14.5. The molecule has 0 aliphatic heterocycles. The van der Waals surface area contributed by atoms with Gasteiger partial charge in [-0.05, 0) is 56.2 Å².